The number of rotatable bonds is 4. The van der Waals surface area contributed by atoms with Crippen molar-refractivity contribution in [2.45, 2.75) is 18.8 Å². The van der Waals surface area contributed by atoms with Crippen LogP contribution in [-0.2, 0) is 6.42 Å². The minimum atomic E-state index is -2.82. The van der Waals surface area contributed by atoms with Crippen LogP contribution in [0.2, 0.25) is 0 Å². The molecule has 5 nitrogen and oxygen atoms in total. The zero-order valence-electron chi connectivity index (χ0n) is 7.46. The lowest BCUT2D eigenvalue weighted by atomic mass is 10.1. The highest BCUT2D eigenvalue weighted by Gasteiger charge is 2.36. The molecule has 0 atom stereocenters. The first-order chi connectivity index (χ1) is 6.52. The van der Waals surface area contributed by atoms with Crippen LogP contribution in [0.5, 0.6) is 0 Å². The highest BCUT2D eigenvalue weighted by Crippen LogP contribution is 2.11. The fourth-order valence-electron chi connectivity index (χ4n) is 1.05. The lowest BCUT2D eigenvalue weighted by Crippen LogP contribution is -2.38. The van der Waals surface area contributed by atoms with Crippen LogP contribution in [0, 0.1) is 10.1 Å². The van der Waals surface area contributed by atoms with Gasteiger partial charge in [-0.05, 0) is 12.0 Å². The quantitative estimate of drug-likeness (QED) is 0.419. The van der Waals surface area contributed by atoms with Gasteiger partial charge in [0.05, 0.1) is 11.3 Å². The topological polar surface area (TPSA) is 83.6 Å². The Morgan fingerprint density at radius 2 is 1.86 bits per heavy atom. The second-order valence-corrected chi connectivity index (χ2v) is 3.02. The maximum Gasteiger partial charge on any atom is 0.437 e. The summed E-state index contributed by atoms with van der Waals surface area (Å²) in [6.07, 6.45) is -0.0567. The van der Waals surface area contributed by atoms with E-state index >= 15 is 0 Å². The van der Waals surface area contributed by atoms with E-state index in [0.29, 0.717) is 0 Å². The van der Waals surface area contributed by atoms with Crippen molar-refractivity contribution in [1.29, 1.82) is 0 Å². The molecular weight excluding hydrogens is 186 g/mol. The predicted molar refractivity (Wildman–Crippen MR) is 48.9 cm³/mol. The summed E-state index contributed by atoms with van der Waals surface area (Å²) in [6, 6.07) is 8.95. The van der Waals surface area contributed by atoms with Gasteiger partial charge in [-0.1, -0.05) is 30.3 Å². The molecule has 1 aromatic rings. The Morgan fingerprint density at radius 3 is 2.36 bits per heavy atom. The van der Waals surface area contributed by atoms with Crippen molar-refractivity contribution in [1.82, 2.24) is 0 Å². The van der Waals surface area contributed by atoms with Gasteiger partial charge in [-0.2, -0.15) is 0 Å². The first-order valence-corrected chi connectivity index (χ1v) is 4.15. The van der Waals surface area contributed by atoms with Crippen molar-refractivity contribution in [2.24, 2.45) is 0 Å². The van der Waals surface area contributed by atoms with E-state index < -0.39 is 10.8 Å². The molecule has 0 aliphatic heterocycles. The standard InChI is InChI=1S/C9H11NO4/c11-9(12,10(13)14)7-6-8-4-2-1-3-5-8/h1-5,11-12H,6-7H2. The van der Waals surface area contributed by atoms with Crippen molar-refractivity contribution < 1.29 is 15.1 Å². The molecule has 0 aliphatic rings. The Hall–Kier alpha value is -1.46. The van der Waals surface area contributed by atoms with Gasteiger partial charge in [0.1, 0.15) is 0 Å². The normalized spacial score (nSPS) is 11.3. The SMILES string of the molecule is O=[N+]([O-])C(O)(O)CCc1ccccc1. The third-order valence-corrected chi connectivity index (χ3v) is 1.88. The molecule has 0 amide bonds. The van der Waals surface area contributed by atoms with Gasteiger partial charge in [-0.3, -0.25) is 10.1 Å². The molecule has 0 saturated carbocycles. The molecule has 1 aromatic carbocycles. The van der Waals surface area contributed by atoms with Crippen LogP contribution in [-0.4, -0.2) is 21.0 Å². The molecule has 0 saturated heterocycles. The van der Waals surface area contributed by atoms with Crippen LogP contribution in [0.25, 0.3) is 0 Å². The van der Waals surface area contributed by atoms with Crippen molar-refractivity contribution in [3.05, 3.63) is 46.0 Å². The number of aliphatic hydroxyl groups is 2. The monoisotopic (exact) mass is 197 g/mol. The molecule has 2 N–H and O–H groups in total. The molecule has 14 heavy (non-hydrogen) atoms. The number of nitrogens with zero attached hydrogens (tertiary/aromatic N) is 1. The Labute approximate surface area is 80.8 Å². The lowest BCUT2D eigenvalue weighted by molar-refractivity contribution is -0.684. The Kier molecular flexibility index (Phi) is 3.16. The van der Waals surface area contributed by atoms with E-state index in [4.69, 9.17) is 10.2 Å². The zero-order valence-corrected chi connectivity index (χ0v) is 7.46. The van der Waals surface area contributed by atoms with Gasteiger partial charge in [0.2, 0.25) is 0 Å². The van der Waals surface area contributed by atoms with Crippen LogP contribution < -0.4 is 0 Å². The van der Waals surface area contributed by atoms with Crippen molar-refractivity contribution in [3.63, 3.8) is 0 Å². The molecule has 0 heterocycles. The Bertz CT molecular complexity index is 310. The third kappa shape index (κ3) is 2.79. The molecule has 0 aliphatic carbocycles. The van der Waals surface area contributed by atoms with Crippen LogP contribution in [0.1, 0.15) is 12.0 Å². The third-order valence-electron chi connectivity index (χ3n) is 1.88. The van der Waals surface area contributed by atoms with E-state index in [2.05, 4.69) is 0 Å². The smallest absolute Gasteiger partial charge is 0.307 e. The van der Waals surface area contributed by atoms with Gasteiger partial charge in [-0.15, -0.1) is 0 Å². The molecule has 0 aromatic heterocycles. The highest BCUT2D eigenvalue weighted by molar-refractivity contribution is 5.14. The van der Waals surface area contributed by atoms with Crippen LogP contribution in [0.15, 0.2) is 30.3 Å². The second kappa shape index (κ2) is 4.17. The minimum absolute atomic E-state index is 0.259. The fourth-order valence-corrected chi connectivity index (χ4v) is 1.05. The van der Waals surface area contributed by atoms with Crippen molar-refractivity contribution in [2.75, 3.05) is 0 Å². The lowest BCUT2D eigenvalue weighted by Gasteiger charge is -2.11. The molecular formula is C9H11NO4. The number of hydrogen-bond acceptors (Lipinski definition) is 4. The second-order valence-electron chi connectivity index (χ2n) is 3.02. The number of aryl methyl sites for hydroxylation is 1. The highest BCUT2D eigenvalue weighted by atomic mass is 16.7. The van der Waals surface area contributed by atoms with Gasteiger partial charge in [-0.25, -0.2) is 0 Å². The molecule has 0 fully saturated rings. The summed E-state index contributed by atoms with van der Waals surface area (Å²) < 4.78 is 0. The molecule has 1 rings (SSSR count). The van der Waals surface area contributed by atoms with E-state index in [1.165, 1.54) is 0 Å². The summed E-state index contributed by atoms with van der Waals surface area (Å²) in [4.78, 5) is 9.05. The van der Waals surface area contributed by atoms with Gasteiger partial charge in [0.15, 0.2) is 0 Å². The zero-order chi connectivity index (χ0) is 10.6. The first kappa shape index (κ1) is 10.6. The predicted octanol–water partition coefficient (Wildman–Crippen LogP) is 0.534. The number of nitro groups is 1. The summed E-state index contributed by atoms with van der Waals surface area (Å²) in [7, 11) is 0. The summed E-state index contributed by atoms with van der Waals surface area (Å²) in [5, 5.41) is 28.0. The Balaban J connectivity index is 2.53. The van der Waals surface area contributed by atoms with E-state index in [9.17, 15) is 10.1 Å². The van der Waals surface area contributed by atoms with Crippen LogP contribution >= 0.6 is 0 Å². The molecule has 0 unspecified atom stereocenters. The average molecular weight is 197 g/mol. The number of hydrogen-bond donors (Lipinski definition) is 2. The average Bonchev–Trinajstić information content (AvgIpc) is 2.16. The minimum Gasteiger partial charge on any atom is -0.307 e. The van der Waals surface area contributed by atoms with Crippen LogP contribution in [0.3, 0.4) is 0 Å². The molecule has 0 spiro atoms. The molecule has 0 radical (unpaired) electrons. The van der Waals surface area contributed by atoms with Gasteiger partial charge in [0, 0.05) is 0 Å². The summed E-state index contributed by atoms with van der Waals surface area (Å²) in [5.74, 6) is -2.82. The first-order valence-electron chi connectivity index (χ1n) is 4.15. The molecule has 76 valence electrons. The van der Waals surface area contributed by atoms with E-state index in [1.54, 1.807) is 24.3 Å². The molecule has 0 bridgehead atoms. The molecule has 5 heteroatoms. The maximum atomic E-state index is 10.1. The maximum absolute atomic E-state index is 10.1. The summed E-state index contributed by atoms with van der Waals surface area (Å²) in [6.45, 7) is 0. The van der Waals surface area contributed by atoms with Crippen molar-refractivity contribution in [3.8, 4) is 0 Å². The van der Waals surface area contributed by atoms with E-state index in [0.717, 1.165) is 5.56 Å². The van der Waals surface area contributed by atoms with Gasteiger partial charge >= 0.3 is 5.91 Å². The number of benzene rings is 1. The summed E-state index contributed by atoms with van der Waals surface area (Å²) in [5.41, 5.74) is 0.835. The van der Waals surface area contributed by atoms with Gasteiger partial charge in [0.25, 0.3) is 0 Å². The van der Waals surface area contributed by atoms with Crippen molar-refractivity contribution >= 4 is 0 Å². The largest absolute Gasteiger partial charge is 0.437 e. The summed E-state index contributed by atoms with van der Waals surface area (Å²) >= 11 is 0. The van der Waals surface area contributed by atoms with Gasteiger partial charge < -0.3 is 10.2 Å². The van der Waals surface area contributed by atoms with Crippen LogP contribution in [0.4, 0.5) is 0 Å². The fraction of sp³-hybridized carbons (Fsp3) is 0.333. The van der Waals surface area contributed by atoms with E-state index in [1.807, 2.05) is 6.07 Å². The Morgan fingerprint density at radius 1 is 1.29 bits per heavy atom. The van der Waals surface area contributed by atoms with E-state index in [-0.39, 0.29) is 12.8 Å².